The van der Waals surface area contributed by atoms with Gasteiger partial charge in [0.25, 0.3) is 5.91 Å². The second-order valence-electron chi connectivity index (χ2n) is 11.8. The zero-order valence-corrected chi connectivity index (χ0v) is 25.5. The van der Waals surface area contributed by atoms with Crippen LogP contribution in [0.25, 0.3) is 16.6 Å². The second kappa shape index (κ2) is 11.3. The molecular weight excluding hydrogens is 560 g/mol. The number of benzene rings is 1. The van der Waals surface area contributed by atoms with Crippen molar-refractivity contribution in [2.45, 2.75) is 59.1 Å². The van der Waals surface area contributed by atoms with Crippen LogP contribution >= 0.6 is 0 Å². The van der Waals surface area contributed by atoms with Crippen molar-refractivity contribution in [3.05, 3.63) is 47.5 Å². The van der Waals surface area contributed by atoms with E-state index in [0.29, 0.717) is 49.2 Å². The van der Waals surface area contributed by atoms with Crippen molar-refractivity contribution in [1.82, 2.24) is 24.1 Å². The predicted molar refractivity (Wildman–Crippen MR) is 159 cm³/mol. The van der Waals surface area contributed by atoms with Crippen molar-refractivity contribution >= 4 is 39.9 Å². The summed E-state index contributed by atoms with van der Waals surface area (Å²) in [6, 6.07) is 1.33. The van der Waals surface area contributed by atoms with E-state index >= 15 is 8.78 Å². The fraction of sp³-hybridized carbons (Fsp3) is 0.467. The molecule has 1 aliphatic rings. The van der Waals surface area contributed by atoms with Gasteiger partial charge in [0.05, 0.1) is 18.5 Å². The third-order valence-electron chi connectivity index (χ3n) is 7.50. The number of amides is 2. The standard InChI is InChI=1S/C30H37F2N7O4/c1-8-39(29(41)43-30(3,4)5)18-9-11-37(12-10-18)22-13-20(31)23(25-19(22)15-36(6)35-25)28(40)34-21-16-38-14-17(2)33-27(38)24(32)26(21)42-7/h13-16,18H,8-12H2,1-7H3,(H,34,40). The van der Waals surface area contributed by atoms with Crippen LogP contribution in [0.15, 0.2) is 24.7 Å². The number of hydrogen-bond donors (Lipinski definition) is 1. The van der Waals surface area contributed by atoms with Gasteiger partial charge in [-0.1, -0.05) is 0 Å². The minimum atomic E-state index is -0.795. The highest BCUT2D eigenvalue weighted by atomic mass is 19.1. The second-order valence-corrected chi connectivity index (χ2v) is 11.8. The van der Waals surface area contributed by atoms with Crippen LogP contribution in [0.2, 0.25) is 0 Å². The van der Waals surface area contributed by atoms with Gasteiger partial charge >= 0.3 is 6.09 Å². The Labute approximate surface area is 248 Å². The molecule has 1 aliphatic heterocycles. The molecule has 3 aromatic heterocycles. The maximum absolute atomic E-state index is 15.8. The number of anilines is 2. The molecule has 5 rings (SSSR count). The fourth-order valence-corrected chi connectivity index (χ4v) is 5.66. The summed E-state index contributed by atoms with van der Waals surface area (Å²) >= 11 is 0. The molecule has 0 spiro atoms. The van der Waals surface area contributed by atoms with Crippen molar-refractivity contribution in [3.8, 4) is 5.75 Å². The lowest BCUT2D eigenvalue weighted by molar-refractivity contribution is 0.0149. The van der Waals surface area contributed by atoms with Gasteiger partial charge in [-0.05, 0) is 53.5 Å². The monoisotopic (exact) mass is 597 g/mol. The Morgan fingerprint density at radius 1 is 1.16 bits per heavy atom. The Morgan fingerprint density at radius 2 is 1.86 bits per heavy atom. The van der Waals surface area contributed by atoms with Gasteiger partial charge in [0.15, 0.2) is 11.4 Å². The number of aryl methyl sites for hydroxylation is 2. The Kier molecular flexibility index (Phi) is 7.93. The molecule has 0 radical (unpaired) electrons. The molecule has 0 saturated carbocycles. The number of methoxy groups -OCH3 is 1. The van der Waals surface area contributed by atoms with Crippen molar-refractivity contribution in [2.24, 2.45) is 7.05 Å². The van der Waals surface area contributed by atoms with Crippen LogP contribution in [-0.2, 0) is 11.8 Å². The summed E-state index contributed by atoms with van der Waals surface area (Å²) < 4.78 is 44.7. The molecule has 1 fully saturated rings. The molecule has 4 aromatic rings. The zero-order chi connectivity index (χ0) is 31.2. The first-order valence-corrected chi connectivity index (χ1v) is 14.2. The average molecular weight is 598 g/mol. The molecule has 13 heteroatoms. The van der Waals surface area contributed by atoms with Crippen LogP contribution in [0.5, 0.6) is 5.75 Å². The number of piperidine rings is 1. The number of nitrogens with one attached hydrogen (secondary N) is 1. The number of ether oxygens (including phenoxy) is 2. The van der Waals surface area contributed by atoms with Crippen LogP contribution in [0.4, 0.5) is 25.0 Å². The number of hydrogen-bond acceptors (Lipinski definition) is 7. The summed E-state index contributed by atoms with van der Waals surface area (Å²) in [5.41, 5.74) is 0.586. The molecule has 2 amide bonds. The lowest BCUT2D eigenvalue weighted by Crippen LogP contribution is -2.48. The fourth-order valence-electron chi connectivity index (χ4n) is 5.66. The Hall–Kier alpha value is -4.42. The third-order valence-corrected chi connectivity index (χ3v) is 7.50. The maximum atomic E-state index is 15.8. The van der Waals surface area contributed by atoms with Gasteiger partial charge in [0, 0.05) is 56.7 Å². The first-order valence-electron chi connectivity index (χ1n) is 14.2. The van der Waals surface area contributed by atoms with Crippen molar-refractivity contribution in [2.75, 3.05) is 37.0 Å². The van der Waals surface area contributed by atoms with Gasteiger partial charge in [-0.15, -0.1) is 0 Å². The highest BCUT2D eigenvalue weighted by Gasteiger charge is 2.32. The molecule has 11 nitrogen and oxygen atoms in total. The Balaban J connectivity index is 1.42. The average Bonchev–Trinajstić information content (AvgIpc) is 3.49. The number of carbonyl (C=O) groups excluding carboxylic acids is 2. The summed E-state index contributed by atoms with van der Waals surface area (Å²) in [7, 11) is 2.98. The lowest BCUT2D eigenvalue weighted by Gasteiger charge is -2.39. The van der Waals surface area contributed by atoms with E-state index in [2.05, 4.69) is 15.4 Å². The van der Waals surface area contributed by atoms with E-state index in [4.69, 9.17) is 9.47 Å². The number of pyridine rings is 1. The van der Waals surface area contributed by atoms with Gasteiger partial charge < -0.3 is 29.0 Å². The van der Waals surface area contributed by atoms with Crippen LogP contribution in [0, 0.1) is 18.6 Å². The smallest absolute Gasteiger partial charge is 0.410 e. The van der Waals surface area contributed by atoms with Gasteiger partial charge in [-0.25, -0.2) is 14.2 Å². The van der Waals surface area contributed by atoms with Crippen molar-refractivity contribution < 1.29 is 27.8 Å². The minimum absolute atomic E-state index is 0.0117. The minimum Gasteiger partial charge on any atom is -0.491 e. The summed E-state index contributed by atoms with van der Waals surface area (Å²) in [5.74, 6) is -2.51. The number of carbonyl (C=O) groups is 2. The molecule has 4 heterocycles. The highest BCUT2D eigenvalue weighted by Crippen LogP contribution is 2.35. The van der Waals surface area contributed by atoms with E-state index in [9.17, 15) is 9.59 Å². The number of rotatable bonds is 6. The first-order chi connectivity index (χ1) is 20.3. The SMILES string of the molecule is CCN(C(=O)OC(C)(C)C)C1CCN(c2cc(F)c(C(=O)Nc3cn4cc(C)nc4c(F)c3OC)c3nn(C)cc23)CC1. The van der Waals surface area contributed by atoms with E-state index < -0.39 is 23.1 Å². The summed E-state index contributed by atoms with van der Waals surface area (Å²) in [6.07, 6.45) is 5.81. The molecule has 1 N–H and O–H groups in total. The van der Waals surface area contributed by atoms with Crippen molar-refractivity contribution in [3.63, 3.8) is 0 Å². The summed E-state index contributed by atoms with van der Waals surface area (Å²) in [4.78, 5) is 34.2. The quantitative estimate of drug-likeness (QED) is 0.322. The van der Waals surface area contributed by atoms with Crippen LogP contribution in [-0.4, -0.2) is 74.5 Å². The lowest BCUT2D eigenvalue weighted by atomic mass is 10.0. The van der Waals surface area contributed by atoms with Gasteiger partial charge in [-0.3, -0.25) is 9.48 Å². The largest absolute Gasteiger partial charge is 0.491 e. The summed E-state index contributed by atoms with van der Waals surface area (Å²) in [6.45, 7) is 10.8. The molecule has 43 heavy (non-hydrogen) atoms. The van der Waals surface area contributed by atoms with E-state index in [0.717, 1.165) is 0 Å². The molecule has 230 valence electrons. The molecule has 1 aromatic carbocycles. The summed E-state index contributed by atoms with van der Waals surface area (Å²) in [5, 5.41) is 7.63. The van der Waals surface area contributed by atoms with Gasteiger partial charge in [-0.2, -0.15) is 9.49 Å². The van der Waals surface area contributed by atoms with E-state index in [1.807, 2.05) is 32.6 Å². The number of halogens is 2. The predicted octanol–water partition coefficient (Wildman–Crippen LogP) is 5.29. The van der Waals surface area contributed by atoms with Gasteiger partial charge in [0.1, 0.15) is 28.2 Å². The molecule has 0 aliphatic carbocycles. The number of aromatic nitrogens is 4. The molecule has 0 atom stereocenters. The normalized spacial score (nSPS) is 14.4. The number of nitrogens with zero attached hydrogens (tertiary/aromatic N) is 6. The molecular formula is C30H37F2N7O4. The zero-order valence-electron chi connectivity index (χ0n) is 25.5. The first kappa shape index (κ1) is 30.1. The highest BCUT2D eigenvalue weighted by molar-refractivity contribution is 6.14. The number of imidazole rings is 1. The Morgan fingerprint density at radius 3 is 2.49 bits per heavy atom. The topological polar surface area (TPSA) is 106 Å². The molecule has 0 unspecified atom stereocenters. The van der Waals surface area contributed by atoms with Crippen LogP contribution in [0.1, 0.15) is 56.6 Å². The number of fused-ring (bicyclic) bond motifs is 2. The Bertz CT molecular complexity index is 1700. The molecule has 1 saturated heterocycles. The van der Waals surface area contributed by atoms with E-state index in [-0.39, 0.29) is 40.3 Å². The molecule has 0 bridgehead atoms. The van der Waals surface area contributed by atoms with Crippen molar-refractivity contribution in [1.29, 1.82) is 0 Å². The van der Waals surface area contributed by atoms with Crippen LogP contribution in [0.3, 0.4) is 0 Å². The third kappa shape index (κ3) is 5.80. The van der Waals surface area contributed by atoms with E-state index in [1.165, 1.54) is 28.5 Å². The van der Waals surface area contributed by atoms with Crippen LogP contribution < -0.4 is 15.0 Å². The maximum Gasteiger partial charge on any atom is 0.410 e. The van der Waals surface area contributed by atoms with Gasteiger partial charge in [0.2, 0.25) is 5.82 Å². The van der Waals surface area contributed by atoms with E-state index in [1.54, 1.807) is 31.3 Å².